The van der Waals surface area contributed by atoms with Crippen molar-refractivity contribution in [2.24, 2.45) is 11.7 Å². The van der Waals surface area contributed by atoms with Crippen molar-refractivity contribution in [2.75, 3.05) is 19.7 Å². The SMILES string of the molecule is CCOC(=O)[C@H]1CNC[C@@H]1N. The van der Waals surface area contributed by atoms with Crippen molar-refractivity contribution in [2.45, 2.75) is 13.0 Å². The quantitative estimate of drug-likeness (QED) is 0.511. The summed E-state index contributed by atoms with van der Waals surface area (Å²) in [5.41, 5.74) is 5.65. The van der Waals surface area contributed by atoms with Crippen LogP contribution < -0.4 is 11.1 Å². The Hall–Kier alpha value is -0.610. The summed E-state index contributed by atoms with van der Waals surface area (Å²) in [5, 5.41) is 3.04. The molecule has 3 N–H and O–H groups in total. The summed E-state index contributed by atoms with van der Waals surface area (Å²) < 4.78 is 4.84. The number of ether oxygens (including phenoxy) is 1. The minimum Gasteiger partial charge on any atom is -0.466 e. The van der Waals surface area contributed by atoms with Crippen LogP contribution in [-0.2, 0) is 9.53 Å². The van der Waals surface area contributed by atoms with Crippen molar-refractivity contribution in [3.8, 4) is 0 Å². The van der Waals surface area contributed by atoms with E-state index in [-0.39, 0.29) is 17.9 Å². The predicted molar refractivity (Wildman–Crippen MR) is 41.0 cm³/mol. The fourth-order valence-electron chi connectivity index (χ4n) is 1.21. The van der Waals surface area contributed by atoms with Crippen molar-refractivity contribution in [1.29, 1.82) is 0 Å². The number of nitrogens with two attached hydrogens (primary N) is 1. The summed E-state index contributed by atoms with van der Waals surface area (Å²) in [6.45, 7) is 3.59. The molecule has 0 aromatic rings. The molecule has 0 unspecified atom stereocenters. The zero-order valence-electron chi connectivity index (χ0n) is 6.67. The monoisotopic (exact) mass is 158 g/mol. The van der Waals surface area contributed by atoms with Crippen LogP contribution in [0.3, 0.4) is 0 Å². The van der Waals surface area contributed by atoms with E-state index >= 15 is 0 Å². The third-order valence-electron chi connectivity index (χ3n) is 1.85. The van der Waals surface area contributed by atoms with E-state index in [1.165, 1.54) is 0 Å². The summed E-state index contributed by atoms with van der Waals surface area (Å²) in [4.78, 5) is 11.1. The molecular weight excluding hydrogens is 144 g/mol. The molecule has 0 aromatic carbocycles. The Balaban J connectivity index is 2.39. The van der Waals surface area contributed by atoms with E-state index in [4.69, 9.17) is 10.5 Å². The largest absolute Gasteiger partial charge is 0.466 e. The number of carbonyl (C=O) groups is 1. The standard InChI is InChI=1S/C7H14N2O2/c1-2-11-7(10)5-3-9-4-6(5)8/h5-6,9H,2-4,8H2,1H3/t5-,6-/m0/s1. The molecule has 0 bridgehead atoms. The summed E-state index contributed by atoms with van der Waals surface area (Å²) in [6.07, 6.45) is 0. The first-order chi connectivity index (χ1) is 5.25. The van der Waals surface area contributed by atoms with Crippen LogP contribution in [0.25, 0.3) is 0 Å². The number of esters is 1. The Morgan fingerprint density at radius 1 is 1.73 bits per heavy atom. The zero-order valence-corrected chi connectivity index (χ0v) is 6.67. The minimum absolute atomic E-state index is 0.0750. The highest BCUT2D eigenvalue weighted by Gasteiger charge is 2.30. The van der Waals surface area contributed by atoms with Gasteiger partial charge in [-0.3, -0.25) is 4.79 Å². The van der Waals surface area contributed by atoms with Crippen molar-refractivity contribution < 1.29 is 9.53 Å². The van der Waals surface area contributed by atoms with Crippen LogP contribution in [0.4, 0.5) is 0 Å². The average Bonchev–Trinajstić information content (AvgIpc) is 2.36. The van der Waals surface area contributed by atoms with Crippen molar-refractivity contribution in [3.63, 3.8) is 0 Å². The maximum Gasteiger partial charge on any atom is 0.311 e. The number of hydrogen-bond acceptors (Lipinski definition) is 4. The molecule has 1 saturated heterocycles. The third kappa shape index (κ3) is 1.91. The van der Waals surface area contributed by atoms with Gasteiger partial charge in [0.1, 0.15) is 0 Å². The van der Waals surface area contributed by atoms with Gasteiger partial charge in [0.15, 0.2) is 0 Å². The van der Waals surface area contributed by atoms with Gasteiger partial charge in [-0.2, -0.15) is 0 Å². The van der Waals surface area contributed by atoms with Gasteiger partial charge < -0.3 is 15.8 Å². The van der Waals surface area contributed by atoms with E-state index < -0.39 is 0 Å². The van der Waals surface area contributed by atoms with E-state index in [2.05, 4.69) is 5.32 Å². The lowest BCUT2D eigenvalue weighted by Crippen LogP contribution is -2.35. The second kappa shape index (κ2) is 3.69. The lowest BCUT2D eigenvalue weighted by Gasteiger charge is -2.11. The first-order valence-corrected chi connectivity index (χ1v) is 3.88. The van der Waals surface area contributed by atoms with Crippen LogP contribution in [0, 0.1) is 5.92 Å². The smallest absolute Gasteiger partial charge is 0.311 e. The van der Waals surface area contributed by atoms with Gasteiger partial charge in [-0.25, -0.2) is 0 Å². The van der Waals surface area contributed by atoms with Gasteiger partial charge in [-0.1, -0.05) is 0 Å². The van der Waals surface area contributed by atoms with E-state index in [1.54, 1.807) is 6.92 Å². The van der Waals surface area contributed by atoms with Crippen LogP contribution in [0.2, 0.25) is 0 Å². The predicted octanol–water partition coefficient (Wildman–Crippen LogP) is -0.904. The summed E-state index contributed by atoms with van der Waals surface area (Å²) in [5.74, 6) is -0.319. The van der Waals surface area contributed by atoms with Crippen LogP contribution in [0.15, 0.2) is 0 Å². The molecule has 0 spiro atoms. The summed E-state index contributed by atoms with van der Waals surface area (Å²) >= 11 is 0. The highest BCUT2D eigenvalue weighted by Crippen LogP contribution is 2.08. The number of rotatable bonds is 2. The van der Waals surface area contributed by atoms with Crippen LogP contribution in [0.5, 0.6) is 0 Å². The highest BCUT2D eigenvalue weighted by atomic mass is 16.5. The molecule has 4 heteroatoms. The lowest BCUT2D eigenvalue weighted by atomic mass is 10.1. The van der Waals surface area contributed by atoms with Gasteiger partial charge in [0, 0.05) is 19.1 Å². The Bertz CT molecular complexity index is 149. The first-order valence-electron chi connectivity index (χ1n) is 3.88. The number of nitrogens with one attached hydrogen (secondary N) is 1. The molecule has 11 heavy (non-hydrogen) atoms. The molecule has 1 fully saturated rings. The molecule has 1 aliphatic rings. The molecule has 1 heterocycles. The Morgan fingerprint density at radius 3 is 2.91 bits per heavy atom. The molecule has 0 amide bonds. The van der Waals surface area contributed by atoms with Gasteiger partial charge in [0.05, 0.1) is 12.5 Å². The van der Waals surface area contributed by atoms with Crippen molar-refractivity contribution in [1.82, 2.24) is 5.32 Å². The lowest BCUT2D eigenvalue weighted by molar-refractivity contribution is -0.147. The fourth-order valence-corrected chi connectivity index (χ4v) is 1.21. The molecule has 0 radical (unpaired) electrons. The van der Waals surface area contributed by atoms with Gasteiger partial charge in [-0.05, 0) is 6.92 Å². The Labute approximate surface area is 66.1 Å². The fraction of sp³-hybridized carbons (Fsp3) is 0.857. The molecule has 0 aromatic heterocycles. The van der Waals surface area contributed by atoms with E-state index in [0.717, 1.165) is 0 Å². The average molecular weight is 158 g/mol. The summed E-state index contributed by atoms with van der Waals surface area (Å²) in [6, 6.07) is -0.0750. The van der Waals surface area contributed by atoms with E-state index in [0.29, 0.717) is 19.7 Å². The molecule has 1 rings (SSSR count). The van der Waals surface area contributed by atoms with Crippen molar-refractivity contribution in [3.05, 3.63) is 0 Å². The van der Waals surface area contributed by atoms with Gasteiger partial charge >= 0.3 is 5.97 Å². The minimum atomic E-state index is -0.176. The Kier molecular flexibility index (Phi) is 2.84. The maximum absolute atomic E-state index is 11.1. The first kappa shape index (κ1) is 8.49. The van der Waals surface area contributed by atoms with E-state index in [9.17, 15) is 4.79 Å². The molecular formula is C7H14N2O2. The second-order valence-corrected chi connectivity index (χ2v) is 2.68. The molecule has 2 atom stereocenters. The summed E-state index contributed by atoms with van der Waals surface area (Å²) in [7, 11) is 0. The van der Waals surface area contributed by atoms with E-state index in [1.807, 2.05) is 0 Å². The second-order valence-electron chi connectivity index (χ2n) is 2.68. The molecule has 0 saturated carbocycles. The number of carbonyl (C=O) groups excluding carboxylic acids is 1. The Morgan fingerprint density at radius 2 is 2.45 bits per heavy atom. The molecule has 4 nitrogen and oxygen atoms in total. The molecule has 0 aliphatic carbocycles. The van der Waals surface area contributed by atoms with Crippen LogP contribution in [-0.4, -0.2) is 31.7 Å². The number of hydrogen-bond donors (Lipinski definition) is 2. The highest BCUT2D eigenvalue weighted by molar-refractivity contribution is 5.74. The molecule has 1 aliphatic heterocycles. The topological polar surface area (TPSA) is 64.3 Å². The van der Waals surface area contributed by atoms with Gasteiger partial charge in [0.2, 0.25) is 0 Å². The van der Waals surface area contributed by atoms with Gasteiger partial charge in [0.25, 0.3) is 0 Å². The maximum atomic E-state index is 11.1. The normalized spacial score (nSPS) is 30.4. The zero-order chi connectivity index (χ0) is 8.27. The van der Waals surface area contributed by atoms with Crippen molar-refractivity contribution >= 4 is 5.97 Å². The van der Waals surface area contributed by atoms with Gasteiger partial charge in [-0.15, -0.1) is 0 Å². The van der Waals surface area contributed by atoms with Crippen LogP contribution >= 0.6 is 0 Å². The molecule has 64 valence electrons. The van der Waals surface area contributed by atoms with Crippen LogP contribution in [0.1, 0.15) is 6.92 Å². The third-order valence-corrected chi connectivity index (χ3v) is 1.85.